The number of nitrogens with zero attached hydrogens (tertiary/aromatic N) is 3. The highest BCUT2D eigenvalue weighted by Crippen LogP contribution is 2.33. The van der Waals surface area contributed by atoms with Gasteiger partial charge in [0.15, 0.2) is 0 Å². The van der Waals surface area contributed by atoms with Crippen molar-refractivity contribution in [2.75, 3.05) is 19.1 Å². The van der Waals surface area contributed by atoms with Crippen LogP contribution < -0.4 is 9.47 Å². The lowest BCUT2D eigenvalue weighted by atomic mass is 9.78. The van der Waals surface area contributed by atoms with Crippen molar-refractivity contribution in [2.45, 2.75) is 44.6 Å². The first kappa shape index (κ1) is 25.0. The predicted molar refractivity (Wildman–Crippen MR) is 125 cm³/mol. The average Bonchev–Trinajstić information content (AvgIpc) is 3.29. The zero-order chi connectivity index (χ0) is 23.8. The molecular formula is C24H30ClN3O5. The second-order valence-electron chi connectivity index (χ2n) is 8.35. The van der Waals surface area contributed by atoms with Gasteiger partial charge in [-0.15, -0.1) is 16.7 Å². The Morgan fingerprint density at radius 1 is 0.909 bits per heavy atom. The molecule has 1 heterocycles. The molecule has 8 nitrogen and oxygen atoms in total. The van der Waals surface area contributed by atoms with E-state index in [1.165, 1.54) is 4.68 Å². The van der Waals surface area contributed by atoms with Gasteiger partial charge in [0, 0.05) is 5.41 Å². The van der Waals surface area contributed by atoms with Crippen LogP contribution in [-0.4, -0.2) is 61.6 Å². The van der Waals surface area contributed by atoms with Crippen molar-refractivity contribution in [1.82, 2.24) is 15.0 Å². The SMILES string of the molecule is CC(C)(c1ccc(OC[C@@H](O)Cn2cc(CO)nn2)cc1)c1ccc(OC[C@@H](O)CCl)cc1. The van der Waals surface area contributed by atoms with Gasteiger partial charge in [0.25, 0.3) is 0 Å². The number of aromatic nitrogens is 3. The monoisotopic (exact) mass is 475 g/mol. The van der Waals surface area contributed by atoms with Crippen LogP contribution in [0.5, 0.6) is 11.5 Å². The molecule has 0 aliphatic rings. The molecule has 0 saturated carbocycles. The third kappa shape index (κ3) is 6.91. The Labute approximate surface area is 198 Å². The highest BCUT2D eigenvalue weighted by molar-refractivity contribution is 6.18. The van der Waals surface area contributed by atoms with Crippen LogP contribution in [-0.2, 0) is 18.6 Å². The standard InChI is InChI=1S/C24H30ClN3O5/c1-24(2,17-3-7-22(8-4-17)32-15-20(30)11-25)18-5-9-23(10-6-18)33-16-21(31)13-28-12-19(14-29)26-27-28/h3-10,12,20-21,29-31H,11,13-16H2,1-2H3/t20-,21-/m0/s1. The van der Waals surface area contributed by atoms with E-state index in [9.17, 15) is 10.2 Å². The summed E-state index contributed by atoms with van der Waals surface area (Å²) >= 11 is 5.59. The third-order valence-electron chi connectivity index (χ3n) is 5.36. The van der Waals surface area contributed by atoms with Gasteiger partial charge >= 0.3 is 0 Å². The number of halogens is 1. The molecule has 0 saturated heterocycles. The van der Waals surface area contributed by atoms with E-state index in [0.717, 1.165) is 11.1 Å². The predicted octanol–water partition coefficient (Wildman–Crippen LogP) is 2.51. The first-order chi connectivity index (χ1) is 15.8. The first-order valence-electron chi connectivity index (χ1n) is 10.7. The molecule has 0 spiro atoms. The van der Waals surface area contributed by atoms with Gasteiger partial charge in [-0.05, 0) is 35.4 Å². The Balaban J connectivity index is 1.55. The van der Waals surface area contributed by atoms with E-state index in [1.54, 1.807) is 6.20 Å². The highest BCUT2D eigenvalue weighted by Gasteiger charge is 2.23. The summed E-state index contributed by atoms with van der Waals surface area (Å²) in [5, 5.41) is 36.3. The van der Waals surface area contributed by atoms with Crippen LogP contribution in [0.1, 0.15) is 30.7 Å². The van der Waals surface area contributed by atoms with Gasteiger partial charge in [-0.2, -0.15) is 0 Å². The lowest BCUT2D eigenvalue weighted by Gasteiger charge is -2.26. The normalized spacial score (nSPS) is 13.5. The molecule has 0 unspecified atom stereocenters. The smallest absolute Gasteiger partial charge is 0.119 e. The van der Waals surface area contributed by atoms with Gasteiger partial charge in [0.1, 0.15) is 42.6 Å². The number of aliphatic hydroxyl groups is 3. The van der Waals surface area contributed by atoms with E-state index in [2.05, 4.69) is 24.2 Å². The molecule has 178 valence electrons. The fourth-order valence-corrected chi connectivity index (χ4v) is 3.39. The maximum absolute atomic E-state index is 10.2. The maximum Gasteiger partial charge on any atom is 0.119 e. The molecule has 1 aromatic heterocycles. The summed E-state index contributed by atoms with van der Waals surface area (Å²) in [6.07, 6.45) is 0.133. The summed E-state index contributed by atoms with van der Waals surface area (Å²) in [7, 11) is 0. The van der Waals surface area contributed by atoms with Gasteiger partial charge in [-0.25, -0.2) is 4.68 Å². The molecule has 9 heteroatoms. The summed E-state index contributed by atoms with van der Waals surface area (Å²) in [5.41, 5.74) is 2.44. The molecule has 2 atom stereocenters. The Hall–Kier alpha value is -2.65. The van der Waals surface area contributed by atoms with E-state index in [0.29, 0.717) is 17.2 Å². The topological polar surface area (TPSA) is 110 Å². The van der Waals surface area contributed by atoms with Gasteiger partial charge < -0.3 is 24.8 Å². The average molecular weight is 476 g/mol. The van der Waals surface area contributed by atoms with Crippen molar-refractivity contribution in [2.24, 2.45) is 0 Å². The number of ether oxygens (including phenoxy) is 2. The van der Waals surface area contributed by atoms with Crippen molar-refractivity contribution < 1.29 is 24.8 Å². The molecule has 2 aromatic carbocycles. The molecule has 0 aliphatic carbocycles. The van der Waals surface area contributed by atoms with Gasteiger partial charge in [-0.3, -0.25) is 0 Å². The zero-order valence-electron chi connectivity index (χ0n) is 18.8. The van der Waals surface area contributed by atoms with Crippen LogP contribution in [0.2, 0.25) is 0 Å². The van der Waals surface area contributed by atoms with E-state index in [1.807, 2.05) is 48.5 Å². The maximum atomic E-state index is 10.2. The summed E-state index contributed by atoms with van der Waals surface area (Å²) in [5.74, 6) is 1.47. The fraction of sp³-hybridized carbons (Fsp3) is 0.417. The van der Waals surface area contributed by atoms with Crippen molar-refractivity contribution in [1.29, 1.82) is 0 Å². The van der Waals surface area contributed by atoms with Crippen LogP contribution in [0.15, 0.2) is 54.7 Å². The van der Waals surface area contributed by atoms with Crippen molar-refractivity contribution in [3.63, 3.8) is 0 Å². The molecule has 3 aromatic rings. The van der Waals surface area contributed by atoms with Crippen molar-refractivity contribution in [3.05, 3.63) is 71.5 Å². The highest BCUT2D eigenvalue weighted by atomic mass is 35.5. The third-order valence-corrected chi connectivity index (χ3v) is 5.72. The van der Waals surface area contributed by atoms with E-state index in [4.69, 9.17) is 26.2 Å². The molecule has 0 aliphatic heterocycles. The Kier molecular flexibility index (Phi) is 8.68. The Morgan fingerprint density at radius 2 is 1.42 bits per heavy atom. The van der Waals surface area contributed by atoms with E-state index >= 15 is 0 Å². The molecule has 33 heavy (non-hydrogen) atoms. The lowest BCUT2D eigenvalue weighted by molar-refractivity contribution is 0.0888. The summed E-state index contributed by atoms with van der Waals surface area (Å²) in [6.45, 7) is 4.58. The fourth-order valence-electron chi connectivity index (χ4n) is 3.30. The molecular weight excluding hydrogens is 446 g/mol. The first-order valence-corrected chi connectivity index (χ1v) is 11.2. The van der Waals surface area contributed by atoms with Crippen molar-refractivity contribution >= 4 is 11.6 Å². The number of hydrogen-bond donors (Lipinski definition) is 3. The van der Waals surface area contributed by atoms with Gasteiger partial charge in [-0.1, -0.05) is 43.3 Å². The minimum Gasteiger partial charge on any atom is -0.491 e. The summed E-state index contributed by atoms with van der Waals surface area (Å²) < 4.78 is 12.7. The molecule has 3 N–H and O–H groups in total. The van der Waals surface area contributed by atoms with E-state index in [-0.39, 0.29) is 37.7 Å². The molecule has 3 rings (SSSR count). The summed E-state index contributed by atoms with van der Waals surface area (Å²) in [6, 6.07) is 15.6. The molecule has 0 bridgehead atoms. The Bertz CT molecular complexity index is 992. The Morgan fingerprint density at radius 3 is 1.88 bits per heavy atom. The summed E-state index contributed by atoms with van der Waals surface area (Å²) in [4.78, 5) is 0. The molecule has 0 amide bonds. The van der Waals surface area contributed by atoms with Crippen molar-refractivity contribution in [3.8, 4) is 11.5 Å². The largest absolute Gasteiger partial charge is 0.491 e. The number of hydrogen-bond acceptors (Lipinski definition) is 7. The molecule has 0 fully saturated rings. The van der Waals surface area contributed by atoms with Gasteiger partial charge in [0.05, 0.1) is 25.2 Å². The van der Waals surface area contributed by atoms with Crippen LogP contribution >= 0.6 is 11.6 Å². The second-order valence-corrected chi connectivity index (χ2v) is 8.66. The quantitative estimate of drug-likeness (QED) is 0.345. The van der Waals surface area contributed by atoms with Crippen LogP contribution in [0.25, 0.3) is 0 Å². The molecule has 0 radical (unpaired) electrons. The number of rotatable bonds is 12. The van der Waals surface area contributed by atoms with Crippen LogP contribution in [0.4, 0.5) is 0 Å². The second kappa shape index (κ2) is 11.5. The zero-order valence-corrected chi connectivity index (χ0v) is 19.5. The number of benzene rings is 2. The van der Waals surface area contributed by atoms with Gasteiger partial charge in [0.2, 0.25) is 0 Å². The minimum atomic E-state index is -0.763. The number of aliphatic hydroxyl groups excluding tert-OH is 3. The number of alkyl halides is 1. The van der Waals surface area contributed by atoms with Crippen LogP contribution in [0, 0.1) is 0 Å². The van der Waals surface area contributed by atoms with E-state index < -0.39 is 12.2 Å². The minimum absolute atomic E-state index is 0.108. The van der Waals surface area contributed by atoms with Crippen LogP contribution in [0.3, 0.4) is 0 Å². The lowest BCUT2D eigenvalue weighted by Crippen LogP contribution is -2.24.